The average molecular weight is 380 g/mol. The van der Waals surface area contributed by atoms with Crippen LogP contribution in [0.4, 0.5) is 5.69 Å². The first-order chi connectivity index (χ1) is 12.6. The van der Waals surface area contributed by atoms with Crippen LogP contribution in [0.5, 0.6) is 0 Å². The van der Waals surface area contributed by atoms with Gasteiger partial charge in [0.05, 0.1) is 9.94 Å². The molecule has 1 N–H and O–H groups in total. The summed E-state index contributed by atoms with van der Waals surface area (Å²) in [4.78, 5) is 14.4. The Morgan fingerprint density at radius 2 is 1.42 bits per heavy atom. The van der Waals surface area contributed by atoms with Crippen LogP contribution in [-0.4, -0.2) is 5.91 Å². The average Bonchev–Trinajstić information content (AvgIpc) is 2.69. The van der Waals surface area contributed by atoms with Crippen molar-refractivity contribution in [3.8, 4) is 0 Å². The summed E-state index contributed by atoms with van der Waals surface area (Å²) < 4.78 is 0. The van der Waals surface area contributed by atoms with Gasteiger partial charge in [0.1, 0.15) is 0 Å². The zero-order chi connectivity index (χ0) is 18.4. The fourth-order valence-corrected chi connectivity index (χ4v) is 3.55. The maximum atomic E-state index is 12.9. The molecule has 1 amide bonds. The Morgan fingerprint density at radius 3 is 2.04 bits per heavy atom. The summed E-state index contributed by atoms with van der Waals surface area (Å²) in [6.45, 7) is 2.01. The molecular formula is C22H18ClNOS. The van der Waals surface area contributed by atoms with Gasteiger partial charge in [0.25, 0.3) is 5.91 Å². The number of benzene rings is 3. The Labute approximate surface area is 162 Å². The molecule has 26 heavy (non-hydrogen) atoms. The molecule has 4 heteroatoms. The Kier molecular flexibility index (Phi) is 6.16. The van der Waals surface area contributed by atoms with Gasteiger partial charge in [-0.1, -0.05) is 89.6 Å². The number of carbonyl (C=O) groups is 1. The van der Waals surface area contributed by atoms with E-state index in [0.717, 1.165) is 21.7 Å². The van der Waals surface area contributed by atoms with Gasteiger partial charge in [-0.05, 0) is 36.8 Å². The monoisotopic (exact) mass is 379 g/mol. The third-order valence-corrected chi connectivity index (χ3v) is 5.33. The van der Waals surface area contributed by atoms with Crippen LogP contribution in [0.15, 0.2) is 94.7 Å². The first-order valence-corrected chi connectivity index (χ1v) is 9.39. The number of aryl methyl sites for hydroxylation is 1. The van der Waals surface area contributed by atoms with Gasteiger partial charge < -0.3 is 5.32 Å². The van der Waals surface area contributed by atoms with Crippen LogP contribution >= 0.6 is 23.4 Å². The Balaban J connectivity index is 1.94. The third-order valence-electron chi connectivity index (χ3n) is 3.71. The number of hydrogen-bond acceptors (Lipinski definition) is 2. The van der Waals surface area contributed by atoms with E-state index >= 15 is 0 Å². The van der Waals surface area contributed by atoms with Gasteiger partial charge in [-0.2, -0.15) is 0 Å². The van der Waals surface area contributed by atoms with Crippen LogP contribution in [-0.2, 0) is 4.79 Å². The number of hydrogen-bond donors (Lipinski definition) is 1. The lowest BCUT2D eigenvalue weighted by molar-refractivity contribution is -0.112. The molecule has 2 nitrogen and oxygen atoms in total. The molecule has 0 aliphatic carbocycles. The van der Waals surface area contributed by atoms with Crippen molar-refractivity contribution in [1.29, 1.82) is 0 Å². The van der Waals surface area contributed by atoms with E-state index in [2.05, 4.69) is 5.32 Å². The van der Waals surface area contributed by atoms with Gasteiger partial charge in [0.2, 0.25) is 0 Å². The van der Waals surface area contributed by atoms with Gasteiger partial charge in [-0.3, -0.25) is 4.79 Å². The maximum Gasteiger partial charge on any atom is 0.263 e. The van der Waals surface area contributed by atoms with Crippen LogP contribution in [0, 0.1) is 6.92 Å². The number of carbonyl (C=O) groups excluding carboxylic acids is 1. The highest BCUT2D eigenvalue weighted by molar-refractivity contribution is 8.04. The zero-order valence-electron chi connectivity index (χ0n) is 14.3. The van der Waals surface area contributed by atoms with Gasteiger partial charge in [0.15, 0.2) is 0 Å². The molecule has 0 bridgehead atoms. The predicted molar refractivity (Wildman–Crippen MR) is 111 cm³/mol. The summed E-state index contributed by atoms with van der Waals surface area (Å²) in [6, 6.07) is 26.9. The molecule has 0 aliphatic rings. The second-order valence-electron chi connectivity index (χ2n) is 5.74. The standard InChI is InChI=1S/C22H18ClNOS/c1-16-12-14-18(15-13-16)24-22(25)21(26-19-10-6-3-7-11-19)20(23)17-8-4-2-5-9-17/h2-15H,1H3,(H,24,25)/b21-20+. The Hall–Kier alpha value is -2.49. The lowest BCUT2D eigenvalue weighted by Crippen LogP contribution is -2.13. The van der Waals surface area contributed by atoms with E-state index in [9.17, 15) is 4.79 Å². The van der Waals surface area contributed by atoms with Crippen LogP contribution in [0.3, 0.4) is 0 Å². The van der Waals surface area contributed by atoms with Crippen molar-refractivity contribution < 1.29 is 4.79 Å². The van der Waals surface area contributed by atoms with E-state index in [4.69, 9.17) is 11.6 Å². The summed E-state index contributed by atoms with van der Waals surface area (Å²) >= 11 is 7.96. The smallest absolute Gasteiger partial charge is 0.263 e. The van der Waals surface area contributed by atoms with Crippen LogP contribution in [0.25, 0.3) is 5.03 Å². The van der Waals surface area contributed by atoms with E-state index in [1.165, 1.54) is 11.8 Å². The quantitative estimate of drug-likeness (QED) is 0.414. The van der Waals surface area contributed by atoms with Crippen molar-refractivity contribution in [2.45, 2.75) is 11.8 Å². The molecule has 0 aromatic heterocycles. The molecule has 0 saturated heterocycles. The number of amides is 1. The SMILES string of the molecule is Cc1ccc(NC(=O)/C(Sc2ccccc2)=C(\Cl)c2ccccc2)cc1. The molecule has 0 radical (unpaired) electrons. The van der Waals surface area contributed by atoms with Crippen molar-refractivity contribution in [1.82, 2.24) is 0 Å². The zero-order valence-corrected chi connectivity index (χ0v) is 15.8. The number of anilines is 1. The van der Waals surface area contributed by atoms with Crippen LogP contribution in [0.1, 0.15) is 11.1 Å². The summed E-state index contributed by atoms with van der Waals surface area (Å²) in [7, 11) is 0. The fraction of sp³-hybridized carbons (Fsp3) is 0.0455. The minimum atomic E-state index is -0.225. The Bertz CT molecular complexity index is 906. The molecular weight excluding hydrogens is 362 g/mol. The molecule has 130 valence electrons. The van der Waals surface area contributed by atoms with Gasteiger partial charge in [-0.15, -0.1) is 0 Å². The number of nitrogens with one attached hydrogen (secondary N) is 1. The maximum absolute atomic E-state index is 12.9. The molecule has 0 aliphatic heterocycles. The molecule has 0 fully saturated rings. The highest BCUT2D eigenvalue weighted by Gasteiger charge is 2.18. The van der Waals surface area contributed by atoms with Crippen molar-refractivity contribution in [3.05, 3.63) is 101 Å². The van der Waals surface area contributed by atoms with E-state index in [1.807, 2.05) is 91.9 Å². The summed E-state index contributed by atoms with van der Waals surface area (Å²) in [5.41, 5.74) is 2.69. The van der Waals surface area contributed by atoms with Crippen LogP contribution in [0.2, 0.25) is 0 Å². The van der Waals surface area contributed by atoms with E-state index in [0.29, 0.717) is 9.94 Å². The van der Waals surface area contributed by atoms with Crippen LogP contribution < -0.4 is 5.32 Å². The summed E-state index contributed by atoms with van der Waals surface area (Å²) in [5.74, 6) is -0.225. The minimum absolute atomic E-state index is 0.225. The minimum Gasteiger partial charge on any atom is -0.321 e. The number of thioether (sulfide) groups is 1. The second-order valence-corrected chi connectivity index (χ2v) is 7.21. The molecule has 0 atom stereocenters. The summed E-state index contributed by atoms with van der Waals surface area (Å²) in [6.07, 6.45) is 0. The topological polar surface area (TPSA) is 29.1 Å². The summed E-state index contributed by atoms with van der Waals surface area (Å²) in [5, 5.41) is 3.37. The van der Waals surface area contributed by atoms with E-state index < -0.39 is 0 Å². The molecule has 0 unspecified atom stereocenters. The molecule has 0 spiro atoms. The second kappa shape index (κ2) is 8.75. The molecule has 0 saturated carbocycles. The molecule has 3 rings (SSSR count). The first kappa shape index (κ1) is 18.3. The molecule has 3 aromatic rings. The van der Waals surface area contributed by atoms with Crippen molar-refractivity contribution in [2.75, 3.05) is 5.32 Å². The third kappa shape index (κ3) is 4.78. The lowest BCUT2D eigenvalue weighted by Gasteiger charge is -2.12. The van der Waals surface area contributed by atoms with E-state index in [1.54, 1.807) is 0 Å². The molecule has 3 aromatic carbocycles. The lowest BCUT2D eigenvalue weighted by atomic mass is 10.2. The highest BCUT2D eigenvalue weighted by atomic mass is 35.5. The van der Waals surface area contributed by atoms with Gasteiger partial charge in [-0.25, -0.2) is 0 Å². The van der Waals surface area contributed by atoms with Crippen molar-refractivity contribution >= 4 is 40.0 Å². The fourth-order valence-electron chi connectivity index (χ4n) is 2.34. The Morgan fingerprint density at radius 1 is 0.846 bits per heavy atom. The van der Waals surface area contributed by atoms with Gasteiger partial charge in [0, 0.05) is 10.6 Å². The highest BCUT2D eigenvalue weighted by Crippen LogP contribution is 2.35. The van der Waals surface area contributed by atoms with Crippen molar-refractivity contribution in [2.24, 2.45) is 0 Å². The van der Waals surface area contributed by atoms with E-state index in [-0.39, 0.29) is 5.91 Å². The number of halogens is 1. The predicted octanol–water partition coefficient (Wildman–Crippen LogP) is 6.33. The number of rotatable bonds is 5. The normalized spacial score (nSPS) is 11.6. The van der Waals surface area contributed by atoms with Crippen molar-refractivity contribution in [3.63, 3.8) is 0 Å². The molecule has 0 heterocycles. The largest absolute Gasteiger partial charge is 0.321 e. The van der Waals surface area contributed by atoms with Gasteiger partial charge >= 0.3 is 0 Å². The first-order valence-electron chi connectivity index (χ1n) is 8.19.